The zero-order valence-corrected chi connectivity index (χ0v) is 10.6. The topological polar surface area (TPSA) is 54.5 Å². The van der Waals surface area contributed by atoms with Crippen LogP contribution in [0, 0.1) is 0 Å². The first-order valence-electron chi connectivity index (χ1n) is 5.21. The van der Waals surface area contributed by atoms with Crippen LogP contribution in [-0.4, -0.2) is 35.8 Å². The highest BCUT2D eigenvalue weighted by Gasteiger charge is 2.41. The highest BCUT2D eigenvalue weighted by molar-refractivity contribution is 7.89. The first-order chi connectivity index (χ1) is 6.68. The van der Waals surface area contributed by atoms with Crippen LogP contribution >= 0.6 is 0 Å². The van der Waals surface area contributed by atoms with E-state index in [-0.39, 0.29) is 12.3 Å². The van der Waals surface area contributed by atoms with Gasteiger partial charge in [-0.05, 0) is 34.1 Å². The molecule has 0 aromatic rings. The third kappa shape index (κ3) is 2.39. The lowest BCUT2D eigenvalue weighted by Crippen LogP contribution is -2.55. The van der Waals surface area contributed by atoms with Crippen molar-refractivity contribution in [2.45, 2.75) is 51.3 Å². The molecular formula is C10H19NO3S. The molecule has 0 atom stereocenters. The summed E-state index contributed by atoms with van der Waals surface area (Å²) in [4.78, 5) is 11.3. The van der Waals surface area contributed by atoms with Crippen molar-refractivity contribution in [3.05, 3.63) is 0 Å². The molecule has 15 heavy (non-hydrogen) atoms. The van der Waals surface area contributed by atoms with Crippen LogP contribution in [0.25, 0.3) is 0 Å². The maximum Gasteiger partial charge on any atom is 0.217 e. The highest BCUT2D eigenvalue weighted by Crippen LogP contribution is 2.29. The Morgan fingerprint density at radius 3 is 2.33 bits per heavy atom. The monoisotopic (exact) mass is 233 g/mol. The van der Waals surface area contributed by atoms with Gasteiger partial charge in [-0.3, -0.25) is 4.79 Å². The lowest BCUT2D eigenvalue weighted by Gasteiger charge is -2.41. The number of carbonyl (C=O) groups excluding carboxylic acids is 1. The largest absolute Gasteiger partial charge is 0.298 e. The fourth-order valence-electron chi connectivity index (χ4n) is 1.71. The van der Waals surface area contributed by atoms with Crippen LogP contribution in [0.1, 0.15) is 40.5 Å². The smallest absolute Gasteiger partial charge is 0.217 e. The van der Waals surface area contributed by atoms with Gasteiger partial charge in [-0.2, -0.15) is 4.31 Å². The number of carbonyl (C=O) groups is 1. The van der Waals surface area contributed by atoms with Crippen molar-refractivity contribution in [2.24, 2.45) is 0 Å². The van der Waals surface area contributed by atoms with Crippen LogP contribution in [0.15, 0.2) is 0 Å². The second-order valence-corrected chi connectivity index (χ2v) is 7.36. The first kappa shape index (κ1) is 12.6. The Morgan fingerprint density at radius 1 is 1.33 bits per heavy atom. The predicted molar refractivity (Wildman–Crippen MR) is 59.1 cm³/mol. The number of rotatable bonds is 2. The molecule has 0 amide bonds. The first-order valence-corrected chi connectivity index (χ1v) is 6.71. The molecule has 5 heteroatoms. The summed E-state index contributed by atoms with van der Waals surface area (Å²) in [5, 5.41) is -0.470. The van der Waals surface area contributed by atoms with E-state index in [1.165, 1.54) is 4.31 Å². The molecule has 0 bridgehead atoms. The lowest BCUT2D eigenvalue weighted by atomic mass is 9.93. The molecule has 4 nitrogen and oxygen atoms in total. The summed E-state index contributed by atoms with van der Waals surface area (Å²) in [5.74, 6) is 0.0125. The molecular weight excluding hydrogens is 214 g/mol. The molecule has 0 spiro atoms. The fourth-order valence-corrected chi connectivity index (χ4v) is 3.33. The van der Waals surface area contributed by atoms with Crippen molar-refractivity contribution in [1.82, 2.24) is 4.31 Å². The molecule has 88 valence electrons. The van der Waals surface area contributed by atoms with Gasteiger partial charge in [0.05, 0.1) is 11.8 Å². The average molecular weight is 233 g/mol. The van der Waals surface area contributed by atoms with Gasteiger partial charge in [-0.25, -0.2) is 8.42 Å². The molecule has 1 rings (SSSR count). The van der Waals surface area contributed by atoms with Crippen molar-refractivity contribution in [3.63, 3.8) is 0 Å². The van der Waals surface area contributed by atoms with Crippen LogP contribution in [0.5, 0.6) is 0 Å². The Hall–Kier alpha value is -0.420. The molecule has 0 N–H and O–H groups in total. The van der Waals surface area contributed by atoms with Crippen LogP contribution in [0.2, 0.25) is 0 Å². The molecule has 0 aromatic carbocycles. The minimum absolute atomic E-state index is 0.0125. The lowest BCUT2D eigenvalue weighted by molar-refractivity contribution is -0.123. The van der Waals surface area contributed by atoms with Crippen LogP contribution in [0.4, 0.5) is 0 Å². The van der Waals surface area contributed by atoms with E-state index in [4.69, 9.17) is 0 Å². The van der Waals surface area contributed by atoms with E-state index >= 15 is 0 Å². The molecule has 1 saturated heterocycles. The molecule has 1 aliphatic heterocycles. The second kappa shape index (κ2) is 3.87. The van der Waals surface area contributed by atoms with Gasteiger partial charge in [-0.15, -0.1) is 0 Å². The highest BCUT2D eigenvalue weighted by atomic mass is 32.2. The molecule has 0 unspecified atom stereocenters. The molecule has 0 radical (unpaired) electrons. The van der Waals surface area contributed by atoms with Gasteiger partial charge in [0.1, 0.15) is 5.78 Å². The van der Waals surface area contributed by atoms with Crippen molar-refractivity contribution < 1.29 is 13.2 Å². The Bertz CT molecular complexity index is 357. The van der Waals surface area contributed by atoms with E-state index in [0.717, 1.165) is 0 Å². The number of piperidine rings is 1. The minimum Gasteiger partial charge on any atom is -0.298 e. The molecule has 1 heterocycles. The normalized spacial score (nSPS) is 23.4. The van der Waals surface area contributed by atoms with Gasteiger partial charge >= 0.3 is 0 Å². The van der Waals surface area contributed by atoms with Gasteiger partial charge in [0.25, 0.3) is 0 Å². The van der Waals surface area contributed by atoms with Crippen molar-refractivity contribution in [3.8, 4) is 0 Å². The Kier molecular flexibility index (Phi) is 3.26. The Labute approximate surface area is 91.7 Å². The third-order valence-electron chi connectivity index (χ3n) is 2.91. The minimum atomic E-state index is -3.33. The maximum atomic E-state index is 12.0. The summed E-state index contributed by atoms with van der Waals surface area (Å²) in [7, 11) is -3.33. The van der Waals surface area contributed by atoms with Crippen molar-refractivity contribution in [2.75, 3.05) is 6.54 Å². The zero-order chi connectivity index (χ0) is 11.9. The van der Waals surface area contributed by atoms with Crippen LogP contribution in [-0.2, 0) is 14.8 Å². The second-order valence-electron chi connectivity index (χ2n) is 4.95. The number of sulfonamides is 1. The van der Waals surface area contributed by atoms with Crippen LogP contribution in [0.3, 0.4) is 0 Å². The molecule has 1 fully saturated rings. The average Bonchev–Trinajstić information content (AvgIpc) is 2.09. The summed E-state index contributed by atoms with van der Waals surface area (Å²) in [6.07, 6.45) is 1.09. The SMILES string of the molecule is CC(C)S(=O)(=O)N1CC(=O)CCC1(C)C. The van der Waals surface area contributed by atoms with E-state index in [2.05, 4.69) is 0 Å². The molecule has 1 aliphatic rings. The van der Waals surface area contributed by atoms with E-state index < -0.39 is 20.8 Å². The van der Waals surface area contributed by atoms with Gasteiger partial charge < -0.3 is 0 Å². The third-order valence-corrected chi connectivity index (χ3v) is 5.34. The summed E-state index contributed by atoms with van der Waals surface area (Å²) >= 11 is 0. The number of hydrogen-bond acceptors (Lipinski definition) is 3. The molecule has 0 aliphatic carbocycles. The standard InChI is InChI=1S/C10H19NO3S/c1-8(2)15(13,14)11-7-9(12)5-6-10(11,3)4/h8H,5-7H2,1-4H3. The van der Waals surface area contributed by atoms with Crippen molar-refractivity contribution >= 4 is 15.8 Å². The summed E-state index contributed by atoms with van der Waals surface area (Å²) < 4.78 is 25.4. The zero-order valence-electron chi connectivity index (χ0n) is 9.78. The number of Topliss-reactive ketones (excluding diaryl/α,β-unsaturated/α-hetero) is 1. The Balaban J connectivity index is 3.06. The Morgan fingerprint density at radius 2 is 1.87 bits per heavy atom. The van der Waals surface area contributed by atoms with E-state index in [9.17, 15) is 13.2 Å². The van der Waals surface area contributed by atoms with Gasteiger partial charge in [0.2, 0.25) is 10.0 Å². The quantitative estimate of drug-likeness (QED) is 0.719. The van der Waals surface area contributed by atoms with Gasteiger partial charge in [0.15, 0.2) is 0 Å². The summed E-state index contributed by atoms with van der Waals surface area (Å²) in [6, 6.07) is 0. The fraction of sp³-hybridized carbons (Fsp3) is 0.900. The molecule has 0 aromatic heterocycles. The molecule has 0 saturated carbocycles. The van der Waals surface area contributed by atoms with E-state index in [1.807, 2.05) is 13.8 Å². The van der Waals surface area contributed by atoms with Crippen LogP contribution < -0.4 is 0 Å². The summed E-state index contributed by atoms with van der Waals surface area (Å²) in [5.41, 5.74) is -0.434. The number of hydrogen-bond donors (Lipinski definition) is 0. The van der Waals surface area contributed by atoms with E-state index in [0.29, 0.717) is 12.8 Å². The maximum absolute atomic E-state index is 12.0. The number of nitrogens with zero attached hydrogens (tertiary/aromatic N) is 1. The van der Waals surface area contributed by atoms with E-state index in [1.54, 1.807) is 13.8 Å². The van der Waals surface area contributed by atoms with Gasteiger partial charge in [0, 0.05) is 12.0 Å². The summed E-state index contributed by atoms with van der Waals surface area (Å²) in [6.45, 7) is 7.07. The van der Waals surface area contributed by atoms with Gasteiger partial charge in [-0.1, -0.05) is 0 Å². The predicted octanol–water partition coefficient (Wildman–Crippen LogP) is 1.17. The van der Waals surface area contributed by atoms with Crippen molar-refractivity contribution in [1.29, 1.82) is 0 Å². The number of ketones is 1.